The Bertz CT molecular complexity index is 320. The number of carbonyl (C=O) groups is 1. The number of carbonyl (C=O) groups excluding carboxylic acids is 1. The van der Waals surface area contributed by atoms with Gasteiger partial charge < -0.3 is 9.84 Å². The molecule has 0 saturated heterocycles. The standard InChI is InChI=1S/C13H18O3/c1-2-11(14)16-12-9-3-8-4-10(12)7-13(15,5-8)6-9/h2,8-10,12,15H,1,3-7H2. The van der Waals surface area contributed by atoms with Gasteiger partial charge in [-0.25, -0.2) is 4.79 Å². The van der Waals surface area contributed by atoms with Gasteiger partial charge in [0.1, 0.15) is 6.10 Å². The Hall–Kier alpha value is -0.830. The predicted octanol–water partition coefficient (Wildman–Crippen LogP) is 1.66. The maximum atomic E-state index is 11.3. The molecule has 0 aromatic rings. The van der Waals surface area contributed by atoms with E-state index >= 15 is 0 Å². The van der Waals surface area contributed by atoms with E-state index in [4.69, 9.17) is 4.74 Å². The predicted molar refractivity (Wildman–Crippen MR) is 58.6 cm³/mol. The summed E-state index contributed by atoms with van der Waals surface area (Å²) in [5, 5.41) is 10.4. The number of ether oxygens (including phenoxy) is 1. The summed E-state index contributed by atoms with van der Waals surface area (Å²) in [5.74, 6) is 1.09. The van der Waals surface area contributed by atoms with Crippen molar-refractivity contribution in [2.24, 2.45) is 17.8 Å². The Balaban J connectivity index is 1.78. The van der Waals surface area contributed by atoms with Crippen LogP contribution in [0.25, 0.3) is 0 Å². The van der Waals surface area contributed by atoms with Crippen LogP contribution in [0.4, 0.5) is 0 Å². The van der Waals surface area contributed by atoms with Crippen LogP contribution in [-0.4, -0.2) is 22.8 Å². The van der Waals surface area contributed by atoms with Crippen molar-refractivity contribution in [1.82, 2.24) is 0 Å². The van der Waals surface area contributed by atoms with Crippen molar-refractivity contribution in [2.75, 3.05) is 0 Å². The third kappa shape index (κ3) is 1.49. The van der Waals surface area contributed by atoms with Crippen LogP contribution in [0.1, 0.15) is 32.1 Å². The van der Waals surface area contributed by atoms with Crippen LogP contribution in [-0.2, 0) is 9.53 Å². The van der Waals surface area contributed by atoms with Gasteiger partial charge >= 0.3 is 5.97 Å². The molecule has 0 aromatic heterocycles. The molecule has 88 valence electrons. The van der Waals surface area contributed by atoms with Crippen molar-refractivity contribution >= 4 is 5.97 Å². The van der Waals surface area contributed by atoms with Crippen LogP contribution in [0.2, 0.25) is 0 Å². The lowest BCUT2D eigenvalue weighted by atomic mass is 9.53. The van der Waals surface area contributed by atoms with Gasteiger partial charge in [-0.2, -0.15) is 0 Å². The number of esters is 1. The van der Waals surface area contributed by atoms with E-state index in [1.807, 2.05) is 0 Å². The fraction of sp³-hybridized carbons (Fsp3) is 0.769. The van der Waals surface area contributed by atoms with Crippen LogP contribution in [0, 0.1) is 17.8 Å². The van der Waals surface area contributed by atoms with Gasteiger partial charge in [0, 0.05) is 6.08 Å². The van der Waals surface area contributed by atoms with Gasteiger partial charge in [-0.3, -0.25) is 0 Å². The minimum atomic E-state index is -0.451. The van der Waals surface area contributed by atoms with Crippen LogP contribution in [0.3, 0.4) is 0 Å². The summed E-state index contributed by atoms with van der Waals surface area (Å²) >= 11 is 0. The van der Waals surface area contributed by atoms with E-state index < -0.39 is 5.60 Å². The summed E-state index contributed by atoms with van der Waals surface area (Å²) < 4.78 is 5.45. The average Bonchev–Trinajstić information content (AvgIpc) is 2.20. The van der Waals surface area contributed by atoms with Gasteiger partial charge in [0.15, 0.2) is 0 Å². The zero-order valence-corrected chi connectivity index (χ0v) is 9.39. The molecule has 4 aliphatic carbocycles. The Morgan fingerprint density at radius 1 is 1.31 bits per heavy atom. The molecular weight excluding hydrogens is 204 g/mol. The summed E-state index contributed by atoms with van der Waals surface area (Å²) in [5.41, 5.74) is -0.451. The molecule has 0 heterocycles. The van der Waals surface area contributed by atoms with Crippen molar-refractivity contribution in [3.05, 3.63) is 12.7 Å². The molecule has 3 nitrogen and oxygen atoms in total. The lowest BCUT2D eigenvalue weighted by Gasteiger charge is -2.57. The van der Waals surface area contributed by atoms with Crippen molar-refractivity contribution in [2.45, 2.75) is 43.8 Å². The van der Waals surface area contributed by atoms with Gasteiger partial charge in [0.05, 0.1) is 5.60 Å². The minimum Gasteiger partial charge on any atom is -0.459 e. The first kappa shape index (κ1) is 10.3. The second-order valence-corrected chi connectivity index (χ2v) is 5.80. The van der Waals surface area contributed by atoms with Gasteiger partial charge in [0.2, 0.25) is 0 Å². The normalized spacial score (nSPS) is 49.1. The Morgan fingerprint density at radius 3 is 2.44 bits per heavy atom. The summed E-state index contributed by atoms with van der Waals surface area (Å²) in [6, 6.07) is 0. The summed E-state index contributed by atoms with van der Waals surface area (Å²) in [6.45, 7) is 3.43. The first-order valence-corrected chi connectivity index (χ1v) is 6.15. The van der Waals surface area contributed by atoms with Gasteiger partial charge in [-0.1, -0.05) is 6.58 Å². The van der Waals surface area contributed by atoms with E-state index in [1.54, 1.807) is 0 Å². The zero-order chi connectivity index (χ0) is 11.3. The van der Waals surface area contributed by atoms with E-state index in [0.717, 1.165) is 32.1 Å². The Labute approximate surface area is 95.5 Å². The Kier molecular flexibility index (Phi) is 2.15. The molecule has 0 aromatic carbocycles. The largest absolute Gasteiger partial charge is 0.459 e. The first-order chi connectivity index (χ1) is 7.59. The number of hydrogen-bond acceptors (Lipinski definition) is 3. The van der Waals surface area contributed by atoms with E-state index in [9.17, 15) is 9.90 Å². The summed E-state index contributed by atoms with van der Waals surface area (Å²) in [4.78, 5) is 11.3. The second kappa shape index (κ2) is 3.33. The fourth-order valence-electron chi connectivity index (χ4n) is 4.31. The van der Waals surface area contributed by atoms with E-state index in [0.29, 0.717) is 17.8 Å². The number of aliphatic hydroxyl groups is 1. The average molecular weight is 222 g/mol. The lowest BCUT2D eigenvalue weighted by molar-refractivity contribution is -0.195. The van der Waals surface area contributed by atoms with Gasteiger partial charge in [0.25, 0.3) is 0 Å². The van der Waals surface area contributed by atoms with Crippen molar-refractivity contribution in [3.8, 4) is 0 Å². The van der Waals surface area contributed by atoms with Gasteiger partial charge in [-0.05, 0) is 49.9 Å². The van der Waals surface area contributed by atoms with Gasteiger partial charge in [-0.15, -0.1) is 0 Å². The highest BCUT2D eigenvalue weighted by Gasteiger charge is 2.55. The molecule has 1 N–H and O–H groups in total. The quantitative estimate of drug-likeness (QED) is 0.571. The molecule has 0 radical (unpaired) electrons. The fourth-order valence-corrected chi connectivity index (χ4v) is 4.31. The van der Waals surface area contributed by atoms with Crippen LogP contribution >= 0.6 is 0 Å². The molecule has 0 amide bonds. The Morgan fingerprint density at radius 2 is 1.94 bits per heavy atom. The SMILES string of the molecule is C=CC(=O)OC1C2CC3CC1CC(O)(C3)C2. The number of hydrogen-bond donors (Lipinski definition) is 1. The molecule has 2 unspecified atom stereocenters. The molecule has 16 heavy (non-hydrogen) atoms. The molecule has 0 spiro atoms. The number of rotatable bonds is 2. The molecule has 4 saturated carbocycles. The molecule has 4 aliphatic rings. The lowest BCUT2D eigenvalue weighted by Crippen LogP contribution is -2.57. The maximum absolute atomic E-state index is 11.3. The zero-order valence-electron chi connectivity index (χ0n) is 9.39. The monoisotopic (exact) mass is 222 g/mol. The molecule has 4 rings (SSSR count). The third-order valence-electron chi connectivity index (χ3n) is 4.57. The molecule has 2 atom stereocenters. The summed E-state index contributed by atoms with van der Waals surface area (Å²) in [6.07, 6.45) is 6.09. The second-order valence-electron chi connectivity index (χ2n) is 5.80. The van der Waals surface area contributed by atoms with Crippen LogP contribution < -0.4 is 0 Å². The van der Waals surface area contributed by atoms with Crippen molar-refractivity contribution in [1.29, 1.82) is 0 Å². The molecule has 0 aliphatic heterocycles. The smallest absolute Gasteiger partial charge is 0.330 e. The first-order valence-electron chi connectivity index (χ1n) is 6.15. The van der Waals surface area contributed by atoms with Crippen LogP contribution in [0.15, 0.2) is 12.7 Å². The summed E-state index contributed by atoms with van der Waals surface area (Å²) in [7, 11) is 0. The molecular formula is C13H18O3. The molecule has 4 fully saturated rings. The molecule has 3 heteroatoms. The molecule has 4 bridgehead atoms. The van der Waals surface area contributed by atoms with E-state index in [-0.39, 0.29) is 12.1 Å². The third-order valence-corrected chi connectivity index (χ3v) is 4.57. The van der Waals surface area contributed by atoms with Crippen LogP contribution in [0.5, 0.6) is 0 Å². The van der Waals surface area contributed by atoms with E-state index in [2.05, 4.69) is 6.58 Å². The minimum absolute atomic E-state index is 0.0299. The van der Waals surface area contributed by atoms with Crippen molar-refractivity contribution < 1.29 is 14.6 Å². The highest BCUT2D eigenvalue weighted by Crippen LogP contribution is 2.56. The van der Waals surface area contributed by atoms with Crippen molar-refractivity contribution in [3.63, 3.8) is 0 Å². The topological polar surface area (TPSA) is 46.5 Å². The highest BCUT2D eigenvalue weighted by molar-refractivity contribution is 5.81. The maximum Gasteiger partial charge on any atom is 0.330 e. The van der Waals surface area contributed by atoms with E-state index in [1.165, 1.54) is 6.08 Å². The highest BCUT2D eigenvalue weighted by atomic mass is 16.5.